The average molecular weight is 357 g/mol. The zero-order valence-electron chi connectivity index (χ0n) is 15.6. The summed E-state index contributed by atoms with van der Waals surface area (Å²) in [5.74, 6) is 1.77. The molecule has 0 radical (unpaired) electrons. The van der Waals surface area contributed by atoms with Crippen molar-refractivity contribution in [1.29, 1.82) is 0 Å². The van der Waals surface area contributed by atoms with Gasteiger partial charge in [0.1, 0.15) is 11.6 Å². The van der Waals surface area contributed by atoms with Crippen molar-refractivity contribution in [2.24, 2.45) is 12.8 Å². The Balaban J connectivity index is 1.50. The maximum Gasteiger partial charge on any atom is 0.242 e. The Morgan fingerprint density at radius 3 is 2.50 bits per heavy atom. The summed E-state index contributed by atoms with van der Waals surface area (Å²) in [6.45, 7) is 4.77. The molecule has 1 saturated heterocycles. The maximum atomic E-state index is 12.9. The second-order valence-corrected chi connectivity index (χ2v) is 7.60. The lowest BCUT2D eigenvalue weighted by molar-refractivity contribution is -0.138. The molecular weight excluding hydrogens is 330 g/mol. The van der Waals surface area contributed by atoms with Gasteiger partial charge in [0.15, 0.2) is 5.65 Å². The minimum absolute atomic E-state index is 0.127. The van der Waals surface area contributed by atoms with Crippen LogP contribution in [0.1, 0.15) is 37.9 Å². The monoisotopic (exact) mass is 357 g/mol. The number of carbonyl (C=O) groups is 1. The van der Waals surface area contributed by atoms with Gasteiger partial charge in [-0.3, -0.25) is 9.48 Å². The van der Waals surface area contributed by atoms with Crippen molar-refractivity contribution >= 4 is 22.8 Å². The second-order valence-electron chi connectivity index (χ2n) is 7.60. The number of rotatable bonds is 2. The van der Waals surface area contributed by atoms with Gasteiger partial charge < -0.3 is 15.5 Å². The van der Waals surface area contributed by atoms with Crippen LogP contribution in [0.15, 0.2) is 6.20 Å². The Labute approximate surface area is 153 Å². The predicted octanol–water partition coefficient (Wildman–Crippen LogP) is 0.982. The molecule has 8 nitrogen and oxygen atoms in total. The van der Waals surface area contributed by atoms with Gasteiger partial charge in [0.05, 0.1) is 17.1 Å². The molecule has 0 spiro atoms. The summed E-state index contributed by atoms with van der Waals surface area (Å²) in [4.78, 5) is 26.2. The van der Waals surface area contributed by atoms with Crippen molar-refractivity contribution in [3.05, 3.63) is 12.0 Å². The molecule has 0 bridgehead atoms. The summed E-state index contributed by atoms with van der Waals surface area (Å²) < 4.78 is 1.77. The lowest BCUT2D eigenvalue weighted by Gasteiger charge is -2.41. The Morgan fingerprint density at radius 1 is 1.12 bits per heavy atom. The molecular formula is C18H27N7O. The molecule has 1 amide bonds. The highest BCUT2D eigenvalue weighted by molar-refractivity contribution is 5.88. The highest BCUT2D eigenvalue weighted by atomic mass is 16.2. The topological polar surface area (TPSA) is 93.2 Å². The number of nitrogens with two attached hydrogens (primary N) is 1. The smallest absolute Gasteiger partial charge is 0.242 e. The van der Waals surface area contributed by atoms with Crippen molar-refractivity contribution in [2.45, 2.75) is 44.6 Å². The minimum atomic E-state index is -0.650. The summed E-state index contributed by atoms with van der Waals surface area (Å²) >= 11 is 0. The normalized spacial score (nSPS) is 20.6. The highest BCUT2D eigenvalue weighted by Gasteiger charge is 2.39. The molecule has 3 heterocycles. The number of hydrogen-bond acceptors (Lipinski definition) is 6. The lowest BCUT2D eigenvalue weighted by Crippen LogP contribution is -2.60. The van der Waals surface area contributed by atoms with Crippen molar-refractivity contribution in [2.75, 3.05) is 31.1 Å². The molecule has 2 N–H and O–H groups in total. The molecule has 1 aliphatic heterocycles. The van der Waals surface area contributed by atoms with E-state index in [0.717, 1.165) is 61.4 Å². The van der Waals surface area contributed by atoms with Gasteiger partial charge in [0.25, 0.3) is 0 Å². The van der Waals surface area contributed by atoms with Crippen LogP contribution in [0.25, 0.3) is 11.0 Å². The average Bonchev–Trinajstić information content (AvgIpc) is 3.02. The molecule has 0 atom stereocenters. The van der Waals surface area contributed by atoms with Crippen LogP contribution < -0.4 is 10.6 Å². The van der Waals surface area contributed by atoms with E-state index in [1.807, 2.05) is 25.1 Å². The molecule has 0 aromatic carbocycles. The van der Waals surface area contributed by atoms with E-state index in [4.69, 9.17) is 5.73 Å². The minimum Gasteiger partial charge on any atom is -0.352 e. The molecule has 1 aliphatic carbocycles. The van der Waals surface area contributed by atoms with Gasteiger partial charge in [-0.15, -0.1) is 0 Å². The fourth-order valence-electron chi connectivity index (χ4n) is 4.19. The summed E-state index contributed by atoms with van der Waals surface area (Å²) in [6.07, 6.45) is 6.75. The summed E-state index contributed by atoms with van der Waals surface area (Å²) in [5.41, 5.74) is 6.63. The molecule has 0 unspecified atom stereocenters. The molecule has 4 rings (SSSR count). The number of piperazine rings is 1. The number of anilines is 1. The van der Waals surface area contributed by atoms with Crippen LogP contribution in [0.3, 0.4) is 0 Å². The van der Waals surface area contributed by atoms with Crippen LogP contribution in [0.4, 0.5) is 5.82 Å². The van der Waals surface area contributed by atoms with Gasteiger partial charge in [-0.2, -0.15) is 5.10 Å². The van der Waals surface area contributed by atoms with Crippen molar-refractivity contribution in [3.8, 4) is 0 Å². The number of carbonyl (C=O) groups excluding carboxylic acids is 1. The first kappa shape index (κ1) is 17.2. The first-order valence-corrected chi connectivity index (χ1v) is 9.47. The SMILES string of the molecule is Cc1nc(N2CCN(C(=O)C3(N)CCCCC3)CC2)c2cnn(C)c2n1. The summed E-state index contributed by atoms with van der Waals surface area (Å²) in [6, 6.07) is 0. The number of aromatic nitrogens is 4. The van der Waals surface area contributed by atoms with Gasteiger partial charge in [-0.1, -0.05) is 19.3 Å². The highest BCUT2D eigenvalue weighted by Crippen LogP contribution is 2.29. The third-order valence-corrected chi connectivity index (χ3v) is 5.72. The number of amides is 1. The van der Waals surface area contributed by atoms with Gasteiger partial charge in [0.2, 0.25) is 5.91 Å². The van der Waals surface area contributed by atoms with E-state index < -0.39 is 5.54 Å². The Kier molecular flexibility index (Phi) is 4.30. The van der Waals surface area contributed by atoms with Crippen LogP contribution in [0.5, 0.6) is 0 Å². The number of hydrogen-bond donors (Lipinski definition) is 1. The van der Waals surface area contributed by atoms with Crippen molar-refractivity contribution in [1.82, 2.24) is 24.6 Å². The lowest BCUT2D eigenvalue weighted by atomic mass is 9.81. The Hall–Kier alpha value is -2.22. The molecule has 2 aromatic rings. The van der Waals surface area contributed by atoms with Crippen LogP contribution in [0.2, 0.25) is 0 Å². The van der Waals surface area contributed by atoms with E-state index in [9.17, 15) is 4.79 Å². The van der Waals surface area contributed by atoms with Gasteiger partial charge >= 0.3 is 0 Å². The quantitative estimate of drug-likeness (QED) is 0.861. The van der Waals surface area contributed by atoms with E-state index in [1.165, 1.54) is 6.42 Å². The molecule has 26 heavy (non-hydrogen) atoms. The molecule has 2 aliphatic rings. The maximum absolute atomic E-state index is 12.9. The molecule has 1 saturated carbocycles. The van der Waals surface area contributed by atoms with E-state index >= 15 is 0 Å². The molecule has 140 valence electrons. The van der Waals surface area contributed by atoms with E-state index in [1.54, 1.807) is 4.68 Å². The van der Waals surface area contributed by atoms with Crippen LogP contribution in [-0.2, 0) is 11.8 Å². The van der Waals surface area contributed by atoms with Gasteiger partial charge in [-0.25, -0.2) is 9.97 Å². The van der Waals surface area contributed by atoms with E-state index in [0.29, 0.717) is 13.1 Å². The third kappa shape index (κ3) is 2.92. The number of fused-ring (bicyclic) bond motifs is 1. The zero-order valence-corrected chi connectivity index (χ0v) is 15.6. The van der Waals surface area contributed by atoms with Crippen molar-refractivity contribution in [3.63, 3.8) is 0 Å². The standard InChI is InChI=1S/C18H27N7O/c1-13-21-15-14(12-20-23(15)2)16(22-13)24-8-10-25(11-9-24)17(26)18(19)6-4-3-5-7-18/h12H,3-11,19H2,1-2H3. The third-order valence-electron chi connectivity index (χ3n) is 5.72. The Morgan fingerprint density at radius 2 is 1.81 bits per heavy atom. The zero-order chi connectivity index (χ0) is 18.3. The van der Waals surface area contributed by atoms with E-state index in [-0.39, 0.29) is 5.91 Å². The molecule has 2 fully saturated rings. The molecule has 2 aromatic heterocycles. The van der Waals surface area contributed by atoms with Crippen LogP contribution in [-0.4, -0.2) is 62.3 Å². The van der Waals surface area contributed by atoms with E-state index in [2.05, 4.69) is 20.0 Å². The first-order chi connectivity index (χ1) is 12.5. The predicted molar refractivity (Wildman–Crippen MR) is 99.8 cm³/mol. The first-order valence-electron chi connectivity index (χ1n) is 9.47. The largest absolute Gasteiger partial charge is 0.352 e. The fourth-order valence-corrected chi connectivity index (χ4v) is 4.19. The number of nitrogens with zero attached hydrogens (tertiary/aromatic N) is 6. The van der Waals surface area contributed by atoms with Gasteiger partial charge in [0, 0.05) is 33.2 Å². The molecule has 8 heteroatoms. The number of aryl methyl sites for hydroxylation is 2. The summed E-state index contributed by atoms with van der Waals surface area (Å²) in [5, 5.41) is 5.27. The van der Waals surface area contributed by atoms with Crippen LogP contribution in [0, 0.1) is 6.92 Å². The summed E-state index contributed by atoms with van der Waals surface area (Å²) in [7, 11) is 1.89. The van der Waals surface area contributed by atoms with Crippen molar-refractivity contribution < 1.29 is 4.79 Å². The second kappa shape index (κ2) is 6.50. The van der Waals surface area contributed by atoms with Crippen LogP contribution >= 0.6 is 0 Å². The Bertz CT molecular complexity index is 816. The fraction of sp³-hybridized carbons (Fsp3) is 0.667. The van der Waals surface area contributed by atoms with Gasteiger partial charge in [-0.05, 0) is 19.8 Å².